The number of aryl methyl sites for hydroxylation is 1. The summed E-state index contributed by atoms with van der Waals surface area (Å²) in [5.74, 6) is 1.50. The van der Waals surface area contributed by atoms with Crippen molar-refractivity contribution in [3.63, 3.8) is 0 Å². The van der Waals surface area contributed by atoms with Crippen LogP contribution in [0, 0.1) is 6.92 Å². The van der Waals surface area contributed by atoms with Gasteiger partial charge in [-0.2, -0.15) is 0 Å². The molecule has 3 nitrogen and oxygen atoms in total. The maximum Gasteiger partial charge on any atom is 0.196 e. The molecule has 0 aliphatic rings. The molecule has 0 unspecified atom stereocenters. The Morgan fingerprint density at radius 3 is 2.29 bits per heavy atom. The molecule has 0 bridgehead atoms. The lowest BCUT2D eigenvalue weighted by Gasteiger charge is -2.11. The van der Waals surface area contributed by atoms with E-state index in [0.29, 0.717) is 5.02 Å². The quantitative estimate of drug-likeness (QED) is 0.327. The lowest BCUT2D eigenvalue weighted by molar-refractivity contribution is 0.885. The zero-order valence-corrected chi connectivity index (χ0v) is 17.5. The summed E-state index contributed by atoms with van der Waals surface area (Å²) in [6.45, 7) is 2.07. The van der Waals surface area contributed by atoms with Crippen molar-refractivity contribution in [1.82, 2.24) is 14.8 Å². The van der Waals surface area contributed by atoms with Gasteiger partial charge in [-0.15, -0.1) is 10.2 Å². The van der Waals surface area contributed by atoms with Gasteiger partial charge in [0.2, 0.25) is 0 Å². The van der Waals surface area contributed by atoms with Crippen LogP contribution in [-0.4, -0.2) is 14.8 Å². The Balaban J connectivity index is 1.74. The number of thioether (sulfide) groups is 1. The Morgan fingerprint density at radius 2 is 1.57 bits per heavy atom. The van der Waals surface area contributed by atoms with Gasteiger partial charge in [-0.3, -0.25) is 4.57 Å². The second-order valence-electron chi connectivity index (χ2n) is 6.37. The molecule has 0 atom stereocenters. The lowest BCUT2D eigenvalue weighted by Crippen LogP contribution is -2.00. The highest BCUT2D eigenvalue weighted by atomic mass is 35.5. The van der Waals surface area contributed by atoms with Gasteiger partial charge < -0.3 is 0 Å². The minimum absolute atomic E-state index is 0.650. The van der Waals surface area contributed by atoms with Gasteiger partial charge in [-0.05, 0) is 48.9 Å². The van der Waals surface area contributed by atoms with Crippen molar-refractivity contribution in [3.8, 4) is 17.1 Å². The Bertz CT molecular complexity index is 1090. The summed E-state index contributed by atoms with van der Waals surface area (Å²) in [4.78, 5) is 0. The summed E-state index contributed by atoms with van der Waals surface area (Å²) in [7, 11) is 0. The second kappa shape index (κ2) is 8.39. The van der Waals surface area contributed by atoms with Gasteiger partial charge in [0.1, 0.15) is 0 Å². The van der Waals surface area contributed by atoms with Crippen LogP contribution in [0.1, 0.15) is 11.1 Å². The zero-order chi connectivity index (χ0) is 19.5. The maximum atomic E-state index is 6.44. The minimum Gasteiger partial charge on any atom is -0.270 e. The van der Waals surface area contributed by atoms with E-state index in [0.717, 1.165) is 33.0 Å². The highest BCUT2D eigenvalue weighted by molar-refractivity contribution is 7.98. The molecule has 3 aromatic carbocycles. The topological polar surface area (TPSA) is 30.7 Å². The van der Waals surface area contributed by atoms with Crippen molar-refractivity contribution in [2.24, 2.45) is 0 Å². The molecular formula is C22H17Cl2N3S. The summed E-state index contributed by atoms with van der Waals surface area (Å²) >= 11 is 14.1. The van der Waals surface area contributed by atoms with Gasteiger partial charge in [0.25, 0.3) is 0 Å². The van der Waals surface area contributed by atoms with Crippen LogP contribution in [0.2, 0.25) is 10.0 Å². The number of benzene rings is 3. The predicted molar refractivity (Wildman–Crippen MR) is 118 cm³/mol. The summed E-state index contributed by atoms with van der Waals surface area (Å²) in [6.07, 6.45) is 0. The third kappa shape index (κ3) is 4.09. The Morgan fingerprint density at radius 1 is 0.857 bits per heavy atom. The number of aromatic nitrogens is 3. The van der Waals surface area contributed by atoms with E-state index in [4.69, 9.17) is 23.2 Å². The molecule has 0 radical (unpaired) electrons. The molecule has 0 saturated carbocycles. The Hall–Kier alpha value is -2.27. The second-order valence-corrected chi connectivity index (χ2v) is 8.16. The molecule has 0 N–H and O–H groups in total. The highest BCUT2D eigenvalue weighted by Crippen LogP contribution is 2.33. The number of rotatable bonds is 5. The maximum absolute atomic E-state index is 6.44. The van der Waals surface area contributed by atoms with Gasteiger partial charge in [0.05, 0.1) is 5.02 Å². The van der Waals surface area contributed by atoms with Crippen LogP contribution in [0.3, 0.4) is 0 Å². The molecule has 4 aromatic rings. The average molecular weight is 426 g/mol. The molecule has 1 heterocycles. The van der Waals surface area contributed by atoms with Crippen LogP contribution >= 0.6 is 35.0 Å². The van der Waals surface area contributed by atoms with E-state index in [1.54, 1.807) is 11.8 Å². The van der Waals surface area contributed by atoms with Crippen LogP contribution < -0.4 is 0 Å². The first-order chi connectivity index (χ1) is 13.6. The highest BCUT2D eigenvalue weighted by Gasteiger charge is 2.18. The van der Waals surface area contributed by atoms with Crippen LogP contribution in [0.5, 0.6) is 0 Å². The average Bonchev–Trinajstić information content (AvgIpc) is 3.12. The molecule has 28 heavy (non-hydrogen) atoms. The van der Waals surface area contributed by atoms with Crippen LogP contribution in [0.15, 0.2) is 78.0 Å². The standard InChI is InChI=1S/C22H17Cl2N3S/c1-15-6-12-18(13-7-15)27-21(19-4-2-3-5-20(19)24)25-26-22(27)28-14-16-8-10-17(23)11-9-16/h2-13H,14H2,1H3. The van der Waals surface area contributed by atoms with Crippen molar-refractivity contribution in [2.45, 2.75) is 17.8 Å². The molecule has 0 aliphatic heterocycles. The van der Waals surface area contributed by atoms with E-state index in [1.165, 1.54) is 11.1 Å². The fourth-order valence-corrected chi connectivity index (χ4v) is 4.09. The van der Waals surface area contributed by atoms with Gasteiger partial charge in [0, 0.05) is 22.0 Å². The van der Waals surface area contributed by atoms with Crippen molar-refractivity contribution >= 4 is 35.0 Å². The van der Waals surface area contributed by atoms with Crippen LogP contribution in [0.25, 0.3) is 17.1 Å². The monoisotopic (exact) mass is 425 g/mol. The zero-order valence-electron chi connectivity index (χ0n) is 15.1. The summed E-state index contributed by atoms with van der Waals surface area (Å²) in [6, 6.07) is 23.9. The number of nitrogens with zero attached hydrogens (tertiary/aromatic N) is 3. The van der Waals surface area contributed by atoms with E-state index < -0.39 is 0 Å². The van der Waals surface area contributed by atoms with Crippen molar-refractivity contribution in [3.05, 3.63) is 94.0 Å². The van der Waals surface area contributed by atoms with E-state index >= 15 is 0 Å². The number of hydrogen-bond acceptors (Lipinski definition) is 3. The molecule has 0 saturated heterocycles. The SMILES string of the molecule is Cc1ccc(-n2c(SCc3ccc(Cl)cc3)nnc2-c2ccccc2Cl)cc1. The first-order valence-corrected chi connectivity index (χ1v) is 10.5. The molecule has 0 amide bonds. The largest absolute Gasteiger partial charge is 0.270 e. The summed E-state index contributed by atoms with van der Waals surface area (Å²) < 4.78 is 2.06. The predicted octanol–water partition coefficient (Wildman–Crippen LogP) is 6.84. The first-order valence-electron chi connectivity index (χ1n) is 8.76. The normalized spacial score (nSPS) is 11.0. The molecule has 6 heteroatoms. The fraction of sp³-hybridized carbons (Fsp3) is 0.0909. The summed E-state index contributed by atoms with van der Waals surface area (Å²) in [5.41, 5.74) is 4.23. The van der Waals surface area contributed by atoms with E-state index in [2.05, 4.69) is 46.0 Å². The van der Waals surface area contributed by atoms with Gasteiger partial charge >= 0.3 is 0 Å². The number of halogens is 2. The van der Waals surface area contributed by atoms with Gasteiger partial charge in [-0.25, -0.2) is 0 Å². The van der Waals surface area contributed by atoms with E-state index in [1.807, 2.05) is 48.5 Å². The molecule has 0 aliphatic carbocycles. The van der Waals surface area contributed by atoms with E-state index in [-0.39, 0.29) is 0 Å². The molecule has 1 aromatic heterocycles. The van der Waals surface area contributed by atoms with E-state index in [9.17, 15) is 0 Å². The number of hydrogen-bond donors (Lipinski definition) is 0. The molecule has 0 fully saturated rings. The first kappa shape index (κ1) is 19.1. The van der Waals surface area contributed by atoms with Crippen LogP contribution in [0.4, 0.5) is 0 Å². The fourth-order valence-electron chi connectivity index (χ4n) is 2.84. The van der Waals surface area contributed by atoms with Crippen molar-refractivity contribution < 1.29 is 0 Å². The summed E-state index contributed by atoms with van der Waals surface area (Å²) in [5, 5.41) is 11.1. The molecule has 4 rings (SSSR count). The Labute approximate surface area is 178 Å². The molecular weight excluding hydrogens is 409 g/mol. The minimum atomic E-state index is 0.650. The third-order valence-corrected chi connectivity index (χ3v) is 5.90. The molecule has 140 valence electrons. The third-order valence-electron chi connectivity index (χ3n) is 4.32. The van der Waals surface area contributed by atoms with Crippen molar-refractivity contribution in [2.75, 3.05) is 0 Å². The Kier molecular flexibility index (Phi) is 5.72. The van der Waals surface area contributed by atoms with Crippen LogP contribution in [-0.2, 0) is 5.75 Å². The van der Waals surface area contributed by atoms with Crippen molar-refractivity contribution in [1.29, 1.82) is 0 Å². The van der Waals surface area contributed by atoms with Gasteiger partial charge in [-0.1, -0.05) is 76.9 Å². The molecule has 0 spiro atoms. The smallest absolute Gasteiger partial charge is 0.196 e. The van der Waals surface area contributed by atoms with Gasteiger partial charge in [0.15, 0.2) is 11.0 Å². The lowest BCUT2D eigenvalue weighted by atomic mass is 10.2.